The van der Waals surface area contributed by atoms with Crippen LogP contribution in [-0.4, -0.2) is 20.0 Å². The van der Waals surface area contributed by atoms with E-state index in [4.69, 9.17) is 5.26 Å². The van der Waals surface area contributed by atoms with Crippen LogP contribution in [0.5, 0.6) is 0 Å². The quantitative estimate of drug-likeness (QED) is 0.627. The van der Waals surface area contributed by atoms with Crippen LogP contribution in [0.25, 0.3) is 16.9 Å². The second-order valence-corrected chi connectivity index (χ2v) is 3.48. The van der Waals surface area contributed by atoms with E-state index in [1.54, 1.807) is 22.9 Å². The van der Waals surface area contributed by atoms with E-state index in [0.29, 0.717) is 11.5 Å². The molecular weight excluding hydrogens is 214 g/mol. The van der Waals surface area contributed by atoms with Crippen molar-refractivity contribution in [3.63, 3.8) is 0 Å². The number of hydrogen-bond acceptors (Lipinski definition) is 4. The van der Waals surface area contributed by atoms with Crippen molar-refractivity contribution in [2.24, 2.45) is 0 Å². The van der Waals surface area contributed by atoms with E-state index in [-0.39, 0.29) is 0 Å². The second kappa shape index (κ2) is 3.68. The van der Waals surface area contributed by atoms with E-state index in [1.807, 2.05) is 30.3 Å². The van der Waals surface area contributed by atoms with Gasteiger partial charge in [0.2, 0.25) is 0 Å². The topological polar surface area (TPSA) is 67.4 Å². The Morgan fingerprint density at radius 1 is 1.06 bits per heavy atom. The van der Waals surface area contributed by atoms with Crippen molar-refractivity contribution in [3.05, 3.63) is 48.2 Å². The summed E-state index contributed by atoms with van der Waals surface area (Å²) in [5.41, 5.74) is 2.04. The Morgan fingerprint density at radius 3 is 2.82 bits per heavy atom. The zero-order valence-corrected chi connectivity index (χ0v) is 8.78. The smallest absolute Gasteiger partial charge is 0.157 e. The molecule has 0 saturated heterocycles. The summed E-state index contributed by atoms with van der Waals surface area (Å²) in [6, 6.07) is 14.8. The number of rotatable bonds is 1. The molecule has 0 aliphatic carbocycles. The minimum atomic E-state index is 0.363. The summed E-state index contributed by atoms with van der Waals surface area (Å²) in [7, 11) is 0. The van der Waals surface area contributed by atoms with Crippen molar-refractivity contribution in [3.8, 4) is 11.9 Å². The van der Waals surface area contributed by atoms with Gasteiger partial charge in [0.1, 0.15) is 17.3 Å². The van der Waals surface area contributed by atoms with E-state index in [1.165, 1.54) is 0 Å². The van der Waals surface area contributed by atoms with E-state index in [0.717, 1.165) is 11.0 Å². The molecule has 0 radical (unpaired) electrons. The van der Waals surface area contributed by atoms with Gasteiger partial charge >= 0.3 is 0 Å². The normalized spacial score (nSPS) is 10.3. The van der Waals surface area contributed by atoms with Crippen molar-refractivity contribution >= 4 is 11.0 Å². The fourth-order valence-corrected chi connectivity index (χ4v) is 1.64. The summed E-state index contributed by atoms with van der Waals surface area (Å²) in [5.74, 6) is 0.595. The summed E-state index contributed by atoms with van der Waals surface area (Å²) in [6.07, 6.45) is 0. The lowest BCUT2D eigenvalue weighted by Gasteiger charge is -2.00. The van der Waals surface area contributed by atoms with Crippen molar-refractivity contribution < 1.29 is 0 Å². The number of para-hydroxylation sites is 1. The first-order valence-electron chi connectivity index (χ1n) is 5.06. The van der Waals surface area contributed by atoms with Gasteiger partial charge in [-0.2, -0.15) is 9.94 Å². The lowest BCUT2D eigenvalue weighted by atomic mass is 10.3. The van der Waals surface area contributed by atoms with Gasteiger partial charge < -0.3 is 0 Å². The van der Waals surface area contributed by atoms with Crippen molar-refractivity contribution in [2.45, 2.75) is 0 Å². The molecule has 0 bridgehead atoms. The fourth-order valence-electron chi connectivity index (χ4n) is 1.64. The van der Waals surface area contributed by atoms with Crippen LogP contribution in [0, 0.1) is 11.3 Å². The highest BCUT2D eigenvalue weighted by molar-refractivity contribution is 5.75. The molecule has 0 saturated carbocycles. The van der Waals surface area contributed by atoms with Crippen molar-refractivity contribution in [1.82, 2.24) is 20.0 Å². The number of aromatic nitrogens is 4. The largest absolute Gasteiger partial charge is 0.218 e. The van der Waals surface area contributed by atoms with E-state index < -0.39 is 0 Å². The van der Waals surface area contributed by atoms with E-state index in [2.05, 4.69) is 15.3 Å². The first-order valence-corrected chi connectivity index (χ1v) is 5.06. The Bertz CT molecular complexity index is 723. The molecule has 0 spiro atoms. The maximum absolute atomic E-state index is 8.82. The van der Waals surface area contributed by atoms with Crippen molar-refractivity contribution in [2.75, 3.05) is 0 Å². The Hall–Kier alpha value is -2.74. The SMILES string of the molecule is N#Cc1cccc(-n2nnc3ccccc32)n1. The highest BCUT2D eigenvalue weighted by Crippen LogP contribution is 2.14. The average molecular weight is 221 g/mol. The molecule has 0 unspecified atom stereocenters. The molecule has 80 valence electrons. The van der Waals surface area contributed by atoms with Gasteiger partial charge in [-0.15, -0.1) is 5.10 Å². The molecule has 2 heterocycles. The fraction of sp³-hybridized carbons (Fsp3) is 0. The lowest BCUT2D eigenvalue weighted by Crippen LogP contribution is -2.00. The average Bonchev–Trinajstić information content (AvgIpc) is 2.82. The van der Waals surface area contributed by atoms with Gasteiger partial charge in [-0.25, -0.2) is 4.98 Å². The second-order valence-electron chi connectivity index (χ2n) is 3.48. The van der Waals surface area contributed by atoms with Crippen LogP contribution >= 0.6 is 0 Å². The molecule has 2 aromatic heterocycles. The van der Waals surface area contributed by atoms with Gasteiger partial charge in [0.25, 0.3) is 0 Å². The van der Waals surface area contributed by atoms with E-state index >= 15 is 0 Å². The summed E-state index contributed by atoms with van der Waals surface area (Å²) in [6.45, 7) is 0. The predicted octanol–water partition coefficient (Wildman–Crippen LogP) is 1.69. The van der Waals surface area contributed by atoms with Gasteiger partial charge in [-0.05, 0) is 24.3 Å². The summed E-state index contributed by atoms with van der Waals surface area (Å²) in [5, 5.41) is 16.9. The Labute approximate surface area is 96.9 Å². The molecule has 17 heavy (non-hydrogen) atoms. The monoisotopic (exact) mass is 221 g/mol. The van der Waals surface area contributed by atoms with Crippen LogP contribution in [0.1, 0.15) is 5.69 Å². The van der Waals surface area contributed by atoms with Crippen molar-refractivity contribution in [1.29, 1.82) is 5.26 Å². The van der Waals surface area contributed by atoms with Gasteiger partial charge in [0, 0.05) is 0 Å². The Morgan fingerprint density at radius 2 is 1.94 bits per heavy atom. The molecule has 0 fully saturated rings. The molecule has 0 amide bonds. The predicted molar refractivity (Wildman–Crippen MR) is 61.4 cm³/mol. The third-order valence-corrected chi connectivity index (χ3v) is 2.42. The van der Waals surface area contributed by atoms with Crippen LogP contribution in [0.15, 0.2) is 42.5 Å². The Balaban J connectivity index is 2.24. The van der Waals surface area contributed by atoms with Gasteiger partial charge in [0.15, 0.2) is 5.82 Å². The maximum Gasteiger partial charge on any atom is 0.157 e. The zero-order valence-electron chi connectivity index (χ0n) is 8.78. The molecule has 0 aliphatic heterocycles. The summed E-state index contributed by atoms with van der Waals surface area (Å²) < 4.78 is 1.62. The molecule has 3 rings (SSSR count). The number of hydrogen-bond donors (Lipinski definition) is 0. The summed E-state index contributed by atoms with van der Waals surface area (Å²) >= 11 is 0. The zero-order chi connectivity index (χ0) is 11.7. The lowest BCUT2D eigenvalue weighted by molar-refractivity contribution is 0.800. The highest BCUT2D eigenvalue weighted by atomic mass is 15.4. The minimum Gasteiger partial charge on any atom is -0.218 e. The molecular formula is C12H7N5. The number of nitrogens with zero attached hydrogens (tertiary/aromatic N) is 5. The van der Waals surface area contributed by atoms with Crippen LogP contribution in [-0.2, 0) is 0 Å². The first kappa shape index (κ1) is 9.48. The van der Waals surface area contributed by atoms with Crippen LogP contribution in [0.3, 0.4) is 0 Å². The van der Waals surface area contributed by atoms with Gasteiger partial charge in [-0.3, -0.25) is 0 Å². The minimum absolute atomic E-state index is 0.363. The number of benzene rings is 1. The van der Waals surface area contributed by atoms with E-state index in [9.17, 15) is 0 Å². The van der Waals surface area contributed by atoms with Crippen LogP contribution < -0.4 is 0 Å². The highest BCUT2D eigenvalue weighted by Gasteiger charge is 2.06. The summed E-state index contributed by atoms with van der Waals surface area (Å²) in [4.78, 5) is 4.18. The molecule has 5 heteroatoms. The van der Waals surface area contributed by atoms with Gasteiger partial charge in [-0.1, -0.05) is 23.4 Å². The molecule has 3 aromatic rings. The molecule has 1 aromatic carbocycles. The molecule has 0 aliphatic rings. The first-order chi connectivity index (χ1) is 8.38. The van der Waals surface area contributed by atoms with Crippen LogP contribution in [0.4, 0.5) is 0 Å². The van der Waals surface area contributed by atoms with Crippen LogP contribution in [0.2, 0.25) is 0 Å². The third kappa shape index (κ3) is 1.52. The number of fused-ring (bicyclic) bond motifs is 1. The standard InChI is InChI=1S/C12H7N5/c13-8-9-4-3-7-12(14-9)17-11-6-2-1-5-10(11)15-16-17/h1-7H. The molecule has 5 nitrogen and oxygen atoms in total. The third-order valence-electron chi connectivity index (χ3n) is 2.42. The van der Waals surface area contributed by atoms with Gasteiger partial charge in [0.05, 0.1) is 5.52 Å². The maximum atomic E-state index is 8.82. The molecule has 0 N–H and O–H groups in total. The number of pyridine rings is 1. The molecule has 0 atom stereocenters. The number of nitriles is 1. The Kier molecular flexibility index (Phi) is 2.06.